The van der Waals surface area contributed by atoms with Crippen LogP contribution >= 0.6 is 23.4 Å². The number of benzene rings is 3. The highest BCUT2D eigenvalue weighted by Crippen LogP contribution is 2.36. The van der Waals surface area contributed by atoms with Gasteiger partial charge in [-0.2, -0.15) is 0 Å². The van der Waals surface area contributed by atoms with Crippen LogP contribution in [0.15, 0.2) is 71.6 Å². The maximum absolute atomic E-state index is 13.9. The summed E-state index contributed by atoms with van der Waals surface area (Å²) in [4.78, 5) is 26.8. The van der Waals surface area contributed by atoms with Crippen molar-refractivity contribution in [2.75, 3.05) is 6.61 Å². The number of carbonyl (C=O) groups excluding carboxylic acids is 2. The summed E-state index contributed by atoms with van der Waals surface area (Å²) >= 11 is 7.06. The van der Waals surface area contributed by atoms with Crippen molar-refractivity contribution < 1.29 is 23.5 Å². The lowest BCUT2D eigenvalue weighted by molar-refractivity contribution is -0.123. The standard InChI is InChI=1S/C26H21ClFNO4S/c1-2-32-23-13-17(11-12-22(23)33-16-19-8-4-6-10-21(19)28)14-24-25(30)29(26(31)34-24)15-18-7-3-5-9-20(18)27/h3-14H,2,15-16H2,1H3/b24-14+. The zero-order chi connectivity index (χ0) is 24.1. The Morgan fingerprint density at radius 2 is 1.71 bits per heavy atom. The normalized spacial score (nSPS) is 14.7. The van der Waals surface area contributed by atoms with Crippen LogP contribution < -0.4 is 9.47 Å². The average Bonchev–Trinajstić information content (AvgIpc) is 3.08. The summed E-state index contributed by atoms with van der Waals surface area (Å²) in [6.45, 7) is 2.39. The van der Waals surface area contributed by atoms with Crippen LogP contribution in [-0.2, 0) is 17.9 Å². The maximum Gasteiger partial charge on any atom is 0.293 e. The van der Waals surface area contributed by atoms with Crippen LogP contribution in [0.1, 0.15) is 23.6 Å². The van der Waals surface area contributed by atoms with Gasteiger partial charge in [-0.3, -0.25) is 14.5 Å². The Balaban J connectivity index is 1.52. The second-order valence-electron chi connectivity index (χ2n) is 7.38. The first kappa shape index (κ1) is 23.9. The van der Waals surface area contributed by atoms with Gasteiger partial charge in [-0.15, -0.1) is 0 Å². The quantitative estimate of drug-likeness (QED) is 0.324. The molecule has 1 aliphatic rings. The number of amides is 2. The van der Waals surface area contributed by atoms with E-state index in [0.717, 1.165) is 11.8 Å². The molecule has 8 heteroatoms. The number of hydrogen-bond acceptors (Lipinski definition) is 5. The third kappa shape index (κ3) is 5.43. The molecule has 1 fully saturated rings. The van der Waals surface area contributed by atoms with E-state index in [-0.39, 0.29) is 30.1 Å². The Morgan fingerprint density at radius 3 is 2.44 bits per heavy atom. The molecule has 0 aromatic heterocycles. The van der Waals surface area contributed by atoms with Crippen molar-refractivity contribution >= 4 is 40.6 Å². The second kappa shape index (κ2) is 10.8. The van der Waals surface area contributed by atoms with Crippen LogP contribution in [-0.4, -0.2) is 22.7 Å². The van der Waals surface area contributed by atoms with Crippen LogP contribution in [0.5, 0.6) is 11.5 Å². The van der Waals surface area contributed by atoms with E-state index in [1.165, 1.54) is 11.0 Å². The van der Waals surface area contributed by atoms with E-state index in [4.69, 9.17) is 21.1 Å². The number of ether oxygens (including phenoxy) is 2. The summed E-state index contributed by atoms with van der Waals surface area (Å²) in [6, 6.07) is 18.7. The molecule has 5 nitrogen and oxygen atoms in total. The van der Waals surface area contributed by atoms with Crippen molar-refractivity contribution in [2.45, 2.75) is 20.1 Å². The number of nitrogens with zero attached hydrogens (tertiary/aromatic N) is 1. The first-order chi connectivity index (χ1) is 16.5. The molecule has 0 radical (unpaired) electrons. The molecule has 0 aliphatic carbocycles. The molecular formula is C26H21ClFNO4S. The van der Waals surface area contributed by atoms with E-state index >= 15 is 0 Å². The molecule has 1 saturated heterocycles. The predicted molar refractivity (Wildman–Crippen MR) is 131 cm³/mol. The van der Waals surface area contributed by atoms with Gasteiger partial charge in [0, 0.05) is 10.6 Å². The molecule has 3 aromatic carbocycles. The Kier molecular flexibility index (Phi) is 7.55. The molecular weight excluding hydrogens is 477 g/mol. The molecule has 0 atom stereocenters. The van der Waals surface area contributed by atoms with Gasteiger partial charge in [0.1, 0.15) is 12.4 Å². The minimum atomic E-state index is -0.382. The molecule has 2 amide bonds. The number of hydrogen-bond donors (Lipinski definition) is 0. The third-order valence-corrected chi connectivity index (χ3v) is 6.34. The molecule has 1 heterocycles. The number of thioether (sulfide) groups is 1. The molecule has 0 N–H and O–H groups in total. The van der Waals surface area contributed by atoms with Crippen LogP contribution in [0.3, 0.4) is 0 Å². The number of halogens is 2. The molecule has 1 aliphatic heterocycles. The van der Waals surface area contributed by atoms with E-state index in [9.17, 15) is 14.0 Å². The van der Waals surface area contributed by atoms with E-state index in [1.54, 1.807) is 66.7 Å². The molecule has 174 valence electrons. The van der Waals surface area contributed by atoms with Crippen molar-refractivity contribution in [3.05, 3.63) is 99.2 Å². The second-order valence-corrected chi connectivity index (χ2v) is 8.78. The lowest BCUT2D eigenvalue weighted by atomic mass is 10.1. The topological polar surface area (TPSA) is 55.8 Å². The maximum atomic E-state index is 13.9. The van der Waals surface area contributed by atoms with Crippen LogP contribution in [0, 0.1) is 5.82 Å². The molecule has 0 spiro atoms. The SMILES string of the molecule is CCOc1cc(/C=C2/SC(=O)N(Cc3ccccc3Cl)C2=O)ccc1OCc1ccccc1F. The van der Waals surface area contributed by atoms with E-state index < -0.39 is 0 Å². The van der Waals surface area contributed by atoms with Crippen molar-refractivity contribution in [3.63, 3.8) is 0 Å². The highest BCUT2D eigenvalue weighted by atomic mass is 35.5. The minimum Gasteiger partial charge on any atom is -0.490 e. The highest BCUT2D eigenvalue weighted by molar-refractivity contribution is 8.18. The van der Waals surface area contributed by atoms with Gasteiger partial charge in [0.2, 0.25) is 0 Å². The van der Waals surface area contributed by atoms with Gasteiger partial charge in [0.15, 0.2) is 11.5 Å². The summed E-state index contributed by atoms with van der Waals surface area (Å²) in [5.74, 6) is 0.189. The van der Waals surface area contributed by atoms with Gasteiger partial charge < -0.3 is 9.47 Å². The fourth-order valence-electron chi connectivity index (χ4n) is 3.36. The minimum absolute atomic E-state index is 0.0486. The lowest BCUT2D eigenvalue weighted by Crippen LogP contribution is -2.27. The Bertz CT molecular complexity index is 1260. The molecule has 0 bridgehead atoms. The van der Waals surface area contributed by atoms with E-state index in [1.807, 2.05) is 6.92 Å². The monoisotopic (exact) mass is 497 g/mol. The summed E-state index contributed by atoms with van der Waals surface area (Å²) < 4.78 is 25.4. The number of carbonyl (C=O) groups is 2. The fraction of sp³-hybridized carbons (Fsp3) is 0.154. The highest BCUT2D eigenvalue weighted by Gasteiger charge is 2.35. The van der Waals surface area contributed by atoms with Gasteiger partial charge in [-0.1, -0.05) is 54.1 Å². The lowest BCUT2D eigenvalue weighted by Gasteiger charge is -2.14. The zero-order valence-corrected chi connectivity index (χ0v) is 19.9. The van der Waals surface area contributed by atoms with Crippen molar-refractivity contribution in [3.8, 4) is 11.5 Å². The molecule has 3 aromatic rings. The summed E-state index contributed by atoms with van der Waals surface area (Å²) in [7, 11) is 0. The summed E-state index contributed by atoms with van der Waals surface area (Å²) in [6.07, 6.45) is 1.64. The molecule has 34 heavy (non-hydrogen) atoms. The van der Waals surface area contributed by atoms with Gasteiger partial charge in [-0.25, -0.2) is 4.39 Å². The van der Waals surface area contributed by atoms with E-state index in [2.05, 4.69) is 0 Å². The van der Waals surface area contributed by atoms with Gasteiger partial charge >= 0.3 is 0 Å². The van der Waals surface area contributed by atoms with Crippen LogP contribution in [0.25, 0.3) is 6.08 Å². The number of rotatable bonds is 8. The third-order valence-electron chi connectivity index (χ3n) is 5.07. The van der Waals surface area contributed by atoms with E-state index in [0.29, 0.717) is 44.7 Å². The predicted octanol–water partition coefficient (Wildman–Crippen LogP) is 6.69. The average molecular weight is 498 g/mol. The largest absolute Gasteiger partial charge is 0.490 e. The number of imide groups is 1. The van der Waals surface area contributed by atoms with Gasteiger partial charge in [0.05, 0.1) is 18.1 Å². The first-order valence-electron chi connectivity index (χ1n) is 10.6. The van der Waals surface area contributed by atoms with Crippen molar-refractivity contribution in [1.82, 2.24) is 4.90 Å². The molecule has 0 unspecified atom stereocenters. The molecule has 4 rings (SSSR count). The van der Waals surface area contributed by atoms with Crippen molar-refractivity contribution in [1.29, 1.82) is 0 Å². The Hall–Kier alpha value is -3.29. The van der Waals surface area contributed by atoms with Crippen LogP contribution in [0.4, 0.5) is 9.18 Å². The fourth-order valence-corrected chi connectivity index (χ4v) is 4.39. The molecule has 0 saturated carbocycles. The summed E-state index contributed by atoms with van der Waals surface area (Å²) in [5.41, 5.74) is 1.80. The van der Waals surface area contributed by atoms with Gasteiger partial charge in [-0.05, 0) is 60.2 Å². The summed E-state index contributed by atoms with van der Waals surface area (Å²) in [5, 5.41) is 0.143. The Labute approximate surface area is 206 Å². The zero-order valence-electron chi connectivity index (χ0n) is 18.3. The first-order valence-corrected chi connectivity index (χ1v) is 11.8. The van der Waals surface area contributed by atoms with Crippen LogP contribution in [0.2, 0.25) is 5.02 Å². The van der Waals surface area contributed by atoms with Gasteiger partial charge in [0.25, 0.3) is 11.1 Å². The smallest absolute Gasteiger partial charge is 0.293 e. The Morgan fingerprint density at radius 1 is 0.971 bits per heavy atom. The van der Waals surface area contributed by atoms with Crippen molar-refractivity contribution in [2.24, 2.45) is 0 Å².